The van der Waals surface area contributed by atoms with E-state index in [9.17, 15) is 4.79 Å². The minimum Gasteiger partial charge on any atom is -0.457 e. The molecule has 4 aromatic rings. The number of Topliss-reactive ketones (excluding diaryl/α,β-unsaturated/α-hetero) is 1. The molecule has 0 aromatic heterocycles. The van der Waals surface area contributed by atoms with Crippen molar-refractivity contribution in [3.05, 3.63) is 131 Å². The molecule has 0 spiro atoms. The lowest BCUT2D eigenvalue weighted by Gasteiger charge is -2.17. The van der Waals surface area contributed by atoms with Crippen molar-refractivity contribution >= 4 is 17.9 Å². The van der Waals surface area contributed by atoms with Gasteiger partial charge >= 0.3 is 0 Å². The van der Waals surface area contributed by atoms with Crippen LogP contribution in [0, 0.1) is 0 Å². The Morgan fingerprint density at radius 1 is 0.486 bits per heavy atom. The number of allylic oxidation sites excluding steroid dienone is 2. The van der Waals surface area contributed by atoms with E-state index < -0.39 is 0 Å². The highest BCUT2D eigenvalue weighted by Gasteiger charge is 2.20. The summed E-state index contributed by atoms with van der Waals surface area (Å²) in [6.45, 7) is 0. The second kappa shape index (κ2) is 10.7. The first-order valence-corrected chi connectivity index (χ1v) is 11.8. The van der Waals surface area contributed by atoms with E-state index in [4.69, 9.17) is 9.47 Å². The fraction of sp³-hybridized carbons (Fsp3) is 0.0938. The Morgan fingerprint density at radius 2 is 0.857 bits per heavy atom. The molecule has 0 radical (unpaired) electrons. The number of benzene rings is 4. The molecular weight excluding hydrogens is 432 g/mol. The van der Waals surface area contributed by atoms with Crippen LogP contribution in [0.2, 0.25) is 0 Å². The molecule has 0 N–H and O–H groups in total. The summed E-state index contributed by atoms with van der Waals surface area (Å²) in [6.07, 6.45) is 6.55. The van der Waals surface area contributed by atoms with Crippen LogP contribution >= 0.6 is 0 Å². The maximum absolute atomic E-state index is 13.2. The summed E-state index contributed by atoms with van der Waals surface area (Å²) in [5.74, 6) is 3.28. The standard InChI is InChI=1S/C32H26O3/c33-32-26(22-24-14-18-30(19-15-24)34-28-10-3-1-4-11-28)8-7-9-27(32)23-25-16-20-31(21-17-25)35-29-12-5-2-6-13-29/h1-6,10-23H,7-9H2/b26-22+,27-23+. The molecule has 0 atom stereocenters. The second-order valence-corrected chi connectivity index (χ2v) is 8.49. The summed E-state index contributed by atoms with van der Waals surface area (Å²) in [6, 6.07) is 35.1. The molecule has 5 rings (SSSR count). The van der Waals surface area contributed by atoms with Crippen molar-refractivity contribution in [2.24, 2.45) is 0 Å². The Morgan fingerprint density at radius 3 is 1.26 bits per heavy atom. The van der Waals surface area contributed by atoms with Gasteiger partial charge in [-0.3, -0.25) is 4.79 Å². The molecule has 0 heterocycles. The fourth-order valence-electron chi connectivity index (χ4n) is 4.09. The predicted molar refractivity (Wildman–Crippen MR) is 141 cm³/mol. The van der Waals surface area contributed by atoms with Gasteiger partial charge in [0.05, 0.1) is 0 Å². The lowest BCUT2D eigenvalue weighted by Crippen LogP contribution is -2.12. The number of hydrogen-bond acceptors (Lipinski definition) is 3. The average Bonchev–Trinajstić information content (AvgIpc) is 2.90. The topological polar surface area (TPSA) is 35.5 Å². The van der Waals surface area contributed by atoms with E-state index in [0.29, 0.717) is 0 Å². The third kappa shape index (κ3) is 5.96. The van der Waals surface area contributed by atoms with Gasteiger partial charge in [-0.2, -0.15) is 0 Å². The number of para-hydroxylation sites is 2. The summed E-state index contributed by atoms with van der Waals surface area (Å²) in [5.41, 5.74) is 3.70. The highest BCUT2D eigenvalue weighted by molar-refractivity contribution is 6.13. The smallest absolute Gasteiger partial charge is 0.185 e. The Balaban J connectivity index is 1.26. The minimum atomic E-state index is 0.130. The van der Waals surface area contributed by atoms with Crippen LogP contribution in [0.3, 0.4) is 0 Å². The van der Waals surface area contributed by atoms with E-state index in [-0.39, 0.29) is 5.78 Å². The second-order valence-electron chi connectivity index (χ2n) is 8.49. The maximum Gasteiger partial charge on any atom is 0.185 e. The average molecular weight is 459 g/mol. The monoisotopic (exact) mass is 458 g/mol. The van der Waals surface area contributed by atoms with Crippen molar-refractivity contribution in [3.8, 4) is 23.0 Å². The largest absolute Gasteiger partial charge is 0.457 e. The van der Waals surface area contributed by atoms with Crippen molar-refractivity contribution in [3.63, 3.8) is 0 Å². The molecule has 172 valence electrons. The van der Waals surface area contributed by atoms with E-state index >= 15 is 0 Å². The molecule has 0 amide bonds. The zero-order valence-electron chi connectivity index (χ0n) is 19.4. The van der Waals surface area contributed by atoms with Gasteiger partial charge in [-0.25, -0.2) is 0 Å². The van der Waals surface area contributed by atoms with Gasteiger partial charge in [0.2, 0.25) is 0 Å². The van der Waals surface area contributed by atoms with Crippen molar-refractivity contribution in [2.75, 3.05) is 0 Å². The van der Waals surface area contributed by atoms with Crippen LogP contribution in [0.1, 0.15) is 30.4 Å². The number of carbonyl (C=O) groups is 1. The molecule has 1 aliphatic rings. The summed E-state index contributed by atoms with van der Waals surface area (Å²) in [5, 5.41) is 0. The van der Waals surface area contributed by atoms with Crippen LogP contribution in [-0.2, 0) is 4.79 Å². The lowest BCUT2D eigenvalue weighted by atomic mass is 9.87. The summed E-state index contributed by atoms with van der Waals surface area (Å²) in [4.78, 5) is 13.2. The molecule has 1 saturated carbocycles. The highest BCUT2D eigenvalue weighted by atomic mass is 16.5. The van der Waals surface area contributed by atoms with E-state index in [1.54, 1.807) is 0 Å². The lowest BCUT2D eigenvalue weighted by molar-refractivity contribution is -0.112. The van der Waals surface area contributed by atoms with Gasteiger partial charge in [-0.15, -0.1) is 0 Å². The quantitative estimate of drug-likeness (QED) is 0.272. The predicted octanol–water partition coefficient (Wildman–Crippen LogP) is 8.49. The van der Waals surface area contributed by atoms with Gasteiger partial charge in [0.15, 0.2) is 5.78 Å². The van der Waals surface area contributed by atoms with E-state index in [1.807, 2.05) is 121 Å². The van der Waals surface area contributed by atoms with Crippen molar-refractivity contribution in [1.82, 2.24) is 0 Å². The van der Waals surface area contributed by atoms with Crippen LogP contribution < -0.4 is 9.47 Å². The molecule has 35 heavy (non-hydrogen) atoms. The number of ether oxygens (including phenoxy) is 2. The van der Waals surface area contributed by atoms with Gasteiger partial charge in [-0.1, -0.05) is 60.7 Å². The van der Waals surface area contributed by atoms with Gasteiger partial charge in [0.1, 0.15) is 23.0 Å². The van der Waals surface area contributed by atoms with E-state index in [2.05, 4.69) is 0 Å². The number of ketones is 1. The Labute approximate surface area is 206 Å². The molecular formula is C32H26O3. The molecule has 0 saturated heterocycles. The van der Waals surface area contributed by atoms with Gasteiger partial charge < -0.3 is 9.47 Å². The zero-order valence-corrected chi connectivity index (χ0v) is 19.4. The third-order valence-corrected chi connectivity index (χ3v) is 5.88. The Hall–Kier alpha value is -4.37. The van der Waals surface area contributed by atoms with Crippen molar-refractivity contribution < 1.29 is 14.3 Å². The molecule has 0 bridgehead atoms. The SMILES string of the molecule is O=C1/C(=C/c2ccc(Oc3ccccc3)cc2)CCC/C1=C\c1ccc(Oc2ccccc2)cc1. The molecule has 0 unspecified atom stereocenters. The first-order valence-electron chi connectivity index (χ1n) is 11.8. The van der Waals surface area contributed by atoms with Crippen molar-refractivity contribution in [1.29, 1.82) is 0 Å². The number of carbonyl (C=O) groups excluding carboxylic acids is 1. The fourth-order valence-corrected chi connectivity index (χ4v) is 4.09. The molecule has 0 aliphatic heterocycles. The molecule has 4 aromatic carbocycles. The van der Waals surface area contributed by atoms with Gasteiger partial charge in [0, 0.05) is 11.1 Å². The van der Waals surface area contributed by atoms with Gasteiger partial charge in [-0.05, 0) is 91.1 Å². The molecule has 1 aliphatic carbocycles. The Bertz CT molecular complexity index is 1230. The van der Waals surface area contributed by atoms with Crippen LogP contribution in [0.15, 0.2) is 120 Å². The summed E-state index contributed by atoms with van der Waals surface area (Å²) >= 11 is 0. The Kier molecular flexibility index (Phi) is 6.86. The maximum atomic E-state index is 13.2. The van der Waals surface area contributed by atoms with Crippen LogP contribution in [0.4, 0.5) is 0 Å². The highest BCUT2D eigenvalue weighted by Crippen LogP contribution is 2.30. The molecule has 1 fully saturated rings. The molecule has 3 heteroatoms. The third-order valence-electron chi connectivity index (χ3n) is 5.88. The van der Waals surface area contributed by atoms with Crippen LogP contribution in [0.25, 0.3) is 12.2 Å². The minimum absolute atomic E-state index is 0.130. The van der Waals surface area contributed by atoms with Crippen LogP contribution in [0.5, 0.6) is 23.0 Å². The number of hydrogen-bond donors (Lipinski definition) is 0. The first-order chi connectivity index (χ1) is 17.2. The number of rotatable bonds is 6. The van der Waals surface area contributed by atoms with E-state index in [1.165, 1.54) is 0 Å². The zero-order chi connectivity index (χ0) is 23.9. The van der Waals surface area contributed by atoms with Crippen molar-refractivity contribution in [2.45, 2.75) is 19.3 Å². The van der Waals surface area contributed by atoms with Gasteiger partial charge in [0.25, 0.3) is 0 Å². The van der Waals surface area contributed by atoms with E-state index in [0.717, 1.165) is 64.5 Å². The molecule has 3 nitrogen and oxygen atoms in total. The van der Waals surface area contributed by atoms with Crippen LogP contribution in [-0.4, -0.2) is 5.78 Å². The summed E-state index contributed by atoms with van der Waals surface area (Å²) in [7, 11) is 0. The summed E-state index contributed by atoms with van der Waals surface area (Å²) < 4.78 is 11.7. The first kappa shape index (κ1) is 22.4. The normalized spacial score (nSPS) is 15.8.